The number of piperazine rings is 1. The Morgan fingerprint density at radius 1 is 1.00 bits per heavy atom. The van der Waals surface area contributed by atoms with Gasteiger partial charge in [-0.1, -0.05) is 28.1 Å². The molecule has 0 aliphatic carbocycles. The Labute approximate surface area is 183 Å². The standard InChI is InChI=1S/C20H22BrN3O5S/c21-16-2-1-3-17(13-16)30(26,27)24-8-6-23(7-9-24)20(25)22-14-15-4-5-18-19(12-15)29-11-10-28-18/h1-5,12-13H,6-11,14H2,(H,22,25). The molecule has 0 aromatic heterocycles. The SMILES string of the molecule is O=C(NCc1ccc2c(c1)OCCO2)N1CCN(S(=O)(=O)c2cccc(Br)c2)CC1. The predicted octanol–water partition coefficient (Wildman–Crippen LogP) is 2.44. The summed E-state index contributed by atoms with van der Waals surface area (Å²) in [7, 11) is -3.58. The van der Waals surface area contributed by atoms with E-state index in [0.717, 1.165) is 5.56 Å². The molecule has 160 valence electrons. The normalized spacial score (nSPS) is 16.9. The number of ether oxygens (including phenoxy) is 2. The van der Waals surface area contributed by atoms with E-state index >= 15 is 0 Å². The van der Waals surface area contributed by atoms with Crippen LogP contribution in [0.15, 0.2) is 51.8 Å². The smallest absolute Gasteiger partial charge is 0.317 e. The van der Waals surface area contributed by atoms with E-state index < -0.39 is 10.0 Å². The van der Waals surface area contributed by atoms with Gasteiger partial charge in [0, 0.05) is 37.2 Å². The van der Waals surface area contributed by atoms with Crippen molar-refractivity contribution in [3.8, 4) is 11.5 Å². The third kappa shape index (κ3) is 4.55. The molecule has 2 heterocycles. The van der Waals surface area contributed by atoms with Crippen molar-refractivity contribution in [1.29, 1.82) is 0 Å². The summed E-state index contributed by atoms with van der Waals surface area (Å²) in [6.07, 6.45) is 0. The van der Waals surface area contributed by atoms with Crippen LogP contribution in [0.3, 0.4) is 0 Å². The minimum Gasteiger partial charge on any atom is -0.486 e. The van der Waals surface area contributed by atoms with E-state index in [2.05, 4.69) is 21.2 Å². The molecule has 10 heteroatoms. The number of hydrogen-bond donors (Lipinski definition) is 1. The molecule has 0 radical (unpaired) electrons. The zero-order valence-corrected chi connectivity index (χ0v) is 18.6. The average Bonchev–Trinajstić information content (AvgIpc) is 2.77. The number of nitrogens with zero attached hydrogens (tertiary/aromatic N) is 2. The van der Waals surface area contributed by atoms with Crippen molar-refractivity contribution in [2.45, 2.75) is 11.4 Å². The van der Waals surface area contributed by atoms with Crippen LogP contribution in [0.4, 0.5) is 4.79 Å². The molecule has 2 amide bonds. The van der Waals surface area contributed by atoms with Crippen LogP contribution in [-0.2, 0) is 16.6 Å². The van der Waals surface area contributed by atoms with Crippen molar-refractivity contribution >= 4 is 32.0 Å². The van der Waals surface area contributed by atoms with Gasteiger partial charge in [0.2, 0.25) is 10.0 Å². The first-order valence-electron chi connectivity index (χ1n) is 9.60. The summed E-state index contributed by atoms with van der Waals surface area (Å²) in [5, 5.41) is 2.88. The summed E-state index contributed by atoms with van der Waals surface area (Å²) in [5.74, 6) is 1.39. The van der Waals surface area contributed by atoms with Crippen LogP contribution in [0.1, 0.15) is 5.56 Å². The van der Waals surface area contributed by atoms with Crippen LogP contribution in [-0.4, -0.2) is 63.0 Å². The van der Waals surface area contributed by atoms with Crippen LogP contribution in [0.25, 0.3) is 0 Å². The van der Waals surface area contributed by atoms with Gasteiger partial charge in [0.05, 0.1) is 4.90 Å². The number of hydrogen-bond acceptors (Lipinski definition) is 5. The van der Waals surface area contributed by atoms with Crippen LogP contribution < -0.4 is 14.8 Å². The van der Waals surface area contributed by atoms with E-state index in [-0.39, 0.29) is 24.0 Å². The monoisotopic (exact) mass is 495 g/mol. The summed E-state index contributed by atoms with van der Waals surface area (Å²) in [5.41, 5.74) is 0.906. The molecule has 30 heavy (non-hydrogen) atoms. The number of carbonyl (C=O) groups is 1. The van der Waals surface area contributed by atoms with Crippen LogP contribution in [0.5, 0.6) is 11.5 Å². The van der Waals surface area contributed by atoms with Crippen LogP contribution in [0.2, 0.25) is 0 Å². The van der Waals surface area contributed by atoms with E-state index in [1.54, 1.807) is 29.2 Å². The molecule has 2 aliphatic rings. The number of carbonyl (C=O) groups excluding carboxylic acids is 1. The average molecular weight is 496 g/mol. The maximum absolute atomic E-state index is 12.8. The zero-order valence-electron chi connectivity index (χ0n) is 16.2. The fraction of sp³-hybridized carbons (Fsp3) is 0.350. The summed E-state index contributed by atoms with van der Waals surface area (Å²) < 4.78 is 38.8. The molecule has 0 atom stereocenters. The minimum absolute atomic E-state index is 0.218. The Balaban J connectivity index is 1.31. The van der Waals surface area contributed by atoms with E-state index in [1.807, 2.05) is 18.2 Å². The van der Waals surface area contributed by atoms with Crippen molar-refractivity contribution in [2.24, 2.45) is 0 Å². The highest BCUT2D eigenvalue weighted by Crippen LogP contribution is 2.30. The predicted molar refractivity (Wildman–Crippen MR) is 114 cm³/mol. The number of amides is 2. The van der Waals surface area contributed by atoms with Crippen molar-refractivity contribution in [1.82, 2.24) is 14.5 Å². The Morgan fingerprint density at radius 2 is 1.73 bits per heavy atom. The maximum Gasteiger partial charge on any atom is 0.317 e. The van der Waals surface area contributed by atoms with E-state index in [1.165, 1.54) is 4.31 Å². The number of rotatable bonds is 4. The fourth-order valence-corrected chi connectivity index (χ4v) is 5.41. The topological polar surface area (TPSA) is 88.2 Å². The van der Waals surface area contributed by atoms with Crippen molar-refractivity contribution in [3.63, 3.8) is 0 Å². The second-order valence-corrected chi connectivity index (χ2v) is 9.84. The van der Waals surface area contributed by atoms with Gasteiger partial charge in [-0.05, 0) is 35.9 Å². The Kier molecular flexibility index (Phi) is 6.16. The van der Waals surface area contributed by atoms with Gasteiger partial charge in [-0.25, -0.2) is 13.2 Å². The first-order chi connectivity index (χ1) is 14.4. The highest BCUT2D eigenvalue weighted by Gasteiger charge is 2.30. The quantitative estimate of drug-likeness (QED) is 0.703. The number of fused-ring (bicyclic) bond motifs is 1. The second kappa shape index (κ2) is 8.83. The molecule has 0 spiro atoms. The lowest BCUT2D eigenvalue weighted by Crippen LogP contribution is -2.52. The molecule has 4 rings (SSSR count). The molecule has 8 nitrogen and oxygen atoms in total. The van der Waals surface area contributed by atoms with Crippen LogP contribution >= 0.6 is 15.9 Å². The lowest BCUT2D eigenvalue weighted by molar-refractivity contribution is 0.170. The van der Waals surface area contributed by atoms with Gasteiger partial charge in [0.25, 0.3) is 0 Å². The summed E-state index contributed by atoms with van der Waals surface area (Å²) in [4.78, 5) is 14.4. The Bertz CT molecular complexity index is 1040. The molecule has 1 fully saturated rings. The molecule has 0 saturated carbocycles. The minimum atomic E-state index is -3.58. The lowest BCUT2D eigenvalue weighted by Gasteiger charge is -2.34. The van der Waals surface area contributed by atoms with Gasteiger partial charge in [0.1, 0.15) is 13.2 Å². The van der Waals surface area contributed by atoms with E-state index in [9.17, 15) is 13.2 Å². The van der Waals surface area contributed by atoms with Crippen LogP contribution in [0, 0.1) is 0 Å². The van der Waals surface area contributed by atoms with Gasteiger partial charge < -0.3 is 19.7 Å². The molecular weight excluding hydrogens is 474 g/mol. The number of nitrogens with one attached hydrogen (secondary N) is 1. The van der Waals surface area contributed by atoms with Crippen molar-refractivity contribution in [2.75, 3.05) is 39.4 Å². The highest BCUT2D eigenvalue weighted by atomic mass is 79.9. The lowest BCUT2D eigenvalue weighted by atomic mass is 10.2. The molecule has 0 bridgehead atoms. The number of sulfonamides is 1. The number of benzene rings is 2. The van der Waals surface area contributed by atoms with Gasteiger partial charge in [-0.2, -0.15) is 4.31 Å². The Morgan fingerprint density at radius 3 is 2.47 bits per heavy atom. The molecule has 1 saturated heterocycles. The highest BCUT2D eigenvalue weighted by molar-refractivity contribution is 9.10. The summed E-state index contributed by atoms with van der Waals surface area (Å²) >= 11 is 3.31. The third-order valence-electron chi connectivity index (χ3n) is 5.01. The molecule has 2 aromatic rings. The van der Waals surface area contributed by atoms with E-state index in [4.69, 9.17) is 9.47 Å². The number of halogens is 1. The van der Waals surface area contributed by atoms with Gasteiger partial charge >= 0.3 is 6.03 Å². The first kappa shape index (κ1) is 21.0. The number of urea groups is 1. The maximum atomic E-state index is 12.8. The van der Waals surface area contributed by atoms with Gasteiger partial charge in [-0.15, -0.1) is 0 Å². The molecule has 2 aromatic carbocycles. The largest absolute Gasteiger partial charge is 0.486 e. The molecule has 2 aliphatic heterocycles. The summed E-state index contributed by atoms with van der Waals surface area (Å²) in [6, 6.07) is 12.0. The molecular formula is C20H22BrN3O5S. The van der Waals surface area contributed by atoms with Gasteiger partial charge in [-0.3, -0.25) is 0 Å². The summed E-state index contributed by atoms with van der Waals surface area (Å²) in [6.45, 7) is 2.58. The van der Waals surface area contributed by atoms with Gasteiger partial charge in [0.15, 0.2) is 11.5 Å². The second-order valence-electron chi connectivity index (χ2n) is 6.99. The molecule has 0 unspecified atom stereocenters. The Hall–Kier alpha value is -2.30. The van der Waals surface area contributed by atoms with E-state index in [0.29, 0.717) is 48.8 Å². The molecule has 1 N–H and O–H groups in total. The van der Waals surface area contributed by atoms with Crippen molar-refractivity contribution in [3.05, 3.63) is 52.5 Å². The first-order valence-corrected chi connectivity index (χ1v) is 11.8. The zero-order chi connectivity index (χ0) is 21.1. The van der Waals surface area contributed by atoms with Crippen molar-refractivity contribution < 1.29 is 22.7 Å². The third-order valence-corrected chi connectivity index (χ3v) is 7.40. The fourth-order valence-electron chi connectivity index (χ4n) is 3.40.